The average molecular weight is 416 g/mol. The fourth-order valence-electron chi connectivity index (χ4n) is 2.67. The molecule has 0 aliphatic carbocycles. The third kappa shape index (κ3) is 4.16. The molecule has 0 saturated carbocycles. The molecule has 0 bridgehead atoms. The van der Waals surface area contributed by atoms with Crippen LogP contribution in [0.15, 0.2) is 12.3 Å². The standard InChI is InChI=1S/C16H18F2N4O5S/c1-21(9(15(17)18)6-25-8-23)12-5-22-2-3-26-10-4-13(27-7-11(19)24)28-14(10)16(22)20-12/h4-5,8-9,15H,2-3,6-7H2,1H3,(H2,19,24). The zero-order chi connectivity index (χ0) is 20.3. The van der Waals surface area contributed by atoms with Crippen molar-refractivity contribution in [1.29, 1.82) is 0 Å². The van der Waals surface area contributed by atoms with Gasteiger partial charge in [-0.05, 0) is 0 Å². The van der Waals surface area contributed by atoms with E-state index in [1.807, 2.05) is 0 Å². The van der Waals surface area contributed by atoms with E-state index in [1.165, 1.54) is 23.3 Å². The van der Waals surface area contributed by atoms with E-state index in [0.717, 1.165) is 0 Å². The number of halogens is 2. The Bertz CT molecular complexity index is 856. The predicted molar refractivity (Wildman–Crippen MR) is 95.9 cm³/mol. The number of fused-ring (bicyclic) bond motifs is 3. The number of amides is 1. The number of aromatic nitrogens is 2. The number of imidazole rings is 1. The van der Waals surface area contributed by atoms with Crippen molar-refractivity contribution in [2.75, 3.05) is 31.8 Å². The van der Waals surface area contributed by atoms with Gasteiger partial charge in [-0.1, -0.05) is 11.3 Å². The number of hydrogen-bond acceptors (Lipinski definition) is 8. The molecule has 0 radical (unpaired) electrons. The fourth-order valence-corrected chi connectivity index (χ4v) is 3.63. The number of alkyl halides is 2. The Morgan fingerprint density at radius 3 is 3.04 bits per heavy atom. The van der Waals surface area contributed by atoms with Gasteiger partial charge in [0.25, 0.3) is 18.8 Å². The lowest BCUT2D eigenvalue weighted by molar-refractivity contribution is -0.130. The van der Waals surface area contributed by atoms with Gasteiger partial charge in [0.1, 0.15) is 35.7 Å². The Morgan fingerprint density at radius 2 is 2.36 bits per heavy atom. The van der Waals surface area contributed by atoms with Crippen molar-refractivity contribution in [3.8, 4) is 21.5 Å². The summed E-state index contributed by atoms with van der Waals surface area (Å²) >= 11 is 1.21. The molecule has 9 nitrogen and oxygen atoms in total. The van der Waals surface area contributed by atoms with E-state index in [1.54, 1.807) is 16.8 Å². The Labute approximate surface area is 162 Å². The molecule has 2 aromatic heterocycles. The number of primary amides is 1. The van der Waals surface area contributed by atoms with E-state index in [9.17, 15) is 18.4 Å². The molecule has 1 aliphatic rings. The SMILES string of the molecule is CN(c1cn2c(n1)-c1sc(OCC(N)=O)cc1OCC2)C(COC=O)C(F)F. The average Bonchev–Trinajstić information content (AvgIpc) is 3.21. The quantitative estimate of drug-likeness (QED) is 0.610. The van der Waals surface area contributed by atoms with Crippen LogP contribution < -0.4 is 20.1 Å². The first kappa shape index (κ1) is 19.9. The van der Waals surface area contributed by atoms with Crippen LogP contribution in [-0.4, -0.2) is 61.3 Å². The van der Waals surface area contributed by atoms with Gasteiger partial charge in [0, 0.05) is 19.3 Å². The molecule has 152 valence electrons. The molecule has 2 N–H and O–H groups in total. The number of thiophene rings is 1. The second-order valence-corrected chi connectivity index (χ2v) is 6.94. The minimum absolute atomic E-state index is 0.133. The first-order valence-electron chi connectivity index (χ1n) is 8.22. The van der Waals surface area contributed by atoms with E-state index in [0.29, 0.717) is 40.5 Å². The summed E-state index contributed by atoms with van der Waals surface area (Å²) in [7, 11) is 1.46. The van der Waals surface area contributed by atoms with Crippen LogP contribution in [0.3, 0.4) is 0 Å². The predicted octanol–water partition coefficient (Wildman–Crippen LogP) is 1.11. The Balaban J connectivity index is 1.89. The number of likely N-dealkylation sites (N-methyl/N-ethyl adjacent to an activating group) is 1. The summed E-state index contributed by atoms with van der Waals surface area (Å²) in [4.78, 5) is 27.6. The lowest BCUT2D eigenvalue weighted by Gasteiger charge is -2.26. The second-order valence-electron chi connectivity index (χ2n) is 5.92. The molecule has 1 aliphatic heterocycles. The van der Waals surface area contributed by atoms with Gasteiger partial charge in [-0.15, -0.1) is 0 Å². The summed E-state index contributed by atoms with van der Waals surface area (Å²) in [5.74, 6) is 0.747. The number of ether oxygens (including phenoxy) is 3. The normalized spacial score (nSPS) is 13.7. The van der Waals surface area contributed by atoms with E-state index >= 15 is 0 Å². The van der Waals surface area contributed by atoms with Gasteiger partial charge in [-0.25, -0.2) is 13.8 Å². The molecule has 0 fully saturated rings. The summed E-state index contributed by atoms with van der Waals surface area (Å²) in [5, 5.41) is 0.431. The fraction of sp³-hybridized carbons (Fsp3) is 0.438. The van der Waals surface area contributed by atoms with Crippen molar-refractivity contribution >= 4 is 29.5 Å². The number of rotatable bonds is 9. The summed E-state index contributed by atoms with van der Waals surface area (Å²) in [5.41, 5.74) is 5.08. The molecule has 1 amide bonds. The highest BCUT2D eigenvalue weighted by atomic mass is 32.1. The maximum absolute atomic E-state index is 13.4. The topological polar surface area (TPSA) is 109 Å². The van der Waals surface area contributed by atoms with Gasteiger partial charge in [-0.3, -0.25) is 9.59 Å². The molecule has 1 atom stereocenters. The Morgan fingerprint density at radius 1 is 1.57 bits per heavy atom. The highest BCUT2D eigenvalue weighted by Gasteiger charge is 2.30. The van der Waals surface area contributed by atoms with Crippen molar-refractivity contribution in [2.24, 2.45) is 5.73 Å². The minimum Gasteiger partial charge on any atom is -0.490 e. The van der Waals surface area contributed by atoms with Gasteiger partial charge in [0.2, 0.25) is 0 Å². The van der Waals surface area contributed by atoms with Gasteiger partial charge in [0.15, 0.2) is 17.5 Å². The number of carbonyl (C=O) groups is 2. The smallest absolute Gasteiger partial charge is 0.293 e. The minimum atomic E-state index is -2.74. The highest BCUT2D eigenvalue weighted by Crippen LogP contribution is 2.44. The second kappa shape index (κ2) is 8.42. The molecule has 0 saturated heterocycles. The molecular formula is C16H18F2N4O5S. The maximum Gasteiger partial charge on any atom is 0.293 e. The summed E-state index contributed by atoms with van der Waals surface area (Å²) < 4.78 is 44.0. The van der Waals surface area contributed by atoms with Crippen molar-refractivity contribution in [2.45, 2.75) is 19.0 Å². The van der Waals surface area contributed by atoms with Crippen molar-refractivity contribution in [1.82, 2.24) is 9.55 Å². The first-order valence-corrected chi connectivity index (χ1v) is 9.04. The van der Waals surface area contributed by atoms with Crippen LogP contribution in [0.25, 0.3) is 10.7 Å². The van der Waals surface area contributed by atoms with Crippen molar-refractivity contribution in [3.63, 3.8) is 0 Å². The molecule has 0 spiro atoms. The summed E-state index contributed by atoms with van der Waals surface area (Å²) in [6.45, 7) is 0.221. The van der Waals surface area contributed by atoms with Crippen LogP contribution in [0.5, 0.6) is 10.8 Å². The van der Waals surface area contributed by atoms with Gasteiger partial charge in [-0.2, -0.15) is 0 Å². The van der Waals surface area contributed by atoms with Crippen LogP contribution in [-0.2, 0) is 20.9 Å². The summed E-state index contributed by atoms with van der Waals surface area (Å²) in [6, 6.07) is 0.300. The molecular weight excluding hydrogens is 398 g/mol. The Kier molecular flexibility index (Phi) is 5.97. The van der Waals surface area contributed by atoms with Crippen LogP contribution in [0.2, 0.25) is 0 Å². The zero-order valence-corrected chi connectivity index (χ0v) is 15.7. The molecule has 2 aromatic rings. The molecule has 12 heteroatoms. The van der Waals surface area contributed by atoms with E-state index in [-0.39, 0.29) is 13.1 Å². The molecule has 1 unspecified atom stereocenters. The number of nitrogens with zero attached hydrogens (tertiary/aromatic N) is 3. The third-order valence-electron chi connectivity index (χ3n) is 4.07. The van der Waals surface area contributed by atoms with Gasteiger partial charge < -0.3 is 29.4 Å². The zero-order valence-electron chi connectivity index (χ0n) is 14.8. The Hall–Kier alpha value is -2.89. The molecule has 3 rings (SSSR count). The third-order valence-corrected chi connectivity index (χ3v) is 5.10. The lowest BCUT2D eigenvalue weighted by atomic mass is 10.3. The van der Waals surface area contributed by atoms with Crippen LogP contribution >= 0.6 is 11.3 Å². The van der Waals surface area contributed by atoms with E-state index in [4.69, 9.17) is 15.2 Å². The van der Waals surface area contributed by atoms with E-state index < -0.39 is 25.0 Å². The number of hydrogen-bond donors (Lipinski definition) is 1. The van der Waals surface area contributed by atoms with Crippen LogP contribution in [0.4, 0.5) is 14.6 Å². The number of nitrogens with two attached hydrogens (primary N) is 1. The summed E-state index contributed by atoms with van der Waals surface area (Å²) in [6.07, 6.45) is -1.10. The van der Waals surface area contributed by atoms with Gasteiger partial charge in [0.05, 0.1) is 6.54 Å². The number of anilines is 1. The monoisotopic (exact) mass is 416 g/mol. The van der Waals surface area contributed by atoms with Gasteiger partial charge >= 0.3 is 0 Å². The highest BCUT2D eigenvalue weighted by molar-refractivity contribution is 7.17. The van der Waals surface area contributed by atoms with Crippen LogP contribution in [0.1, 0.15) is 0 Å². The first-order chi connectivity index (χ1) is 13.4. The maximum atomic E-state index is 13.4. The molecule has 28 heavy (non-hydrogen) atoms. The van der Waals surface area contributed by atoms with E-state index in [2.05, 4.69) is 9.72 Å². The molecule has 3 heterocycles. The van der Waals surface area contributed by atoms with Crippen molar-refractivity contribution < 1.29 is 32.6 Å². The molecule has 0 aromatic carbocycles. The van der Waals surface area contributed by atoms with Crippen LogP contribution in [0, 0.1) is 0 Å². The largest absolute Gasteiger partial charge is 0.490 e. The van der Waals surface area contributed by atoms with Crippen molar-refractivity contribution in [3.05, 3.63) is 12.3 Å². The lowest BCUT2D eigenvalue weighted by Crippen LogP contribution is -2.41. The number of carbonyl (C=O) groups excluding carboxylic acids is 2.